The molecule has 0 atom stereocenters. The van der Waals surface area contributed by atoms with Gasteiger partial charge in [0.15, 0.2) is 0 Å². The van der Waals surface area contributed by atoms with Crippen molar-refractivity contribution < 1.29 is 0 Å². The van der Waals surface area contributed by atoms with E-state index in [1.54, 1.807) is 0 Å². The normalized spacial score (nSPS) is 11.0. The van der Waals surface area contributed by atoms with Gasteiger partial charge < -0.3 is 5.32 Å². The zero-order chi connectivity index (χ0) is 13.1. The Kier molecular flexibility index (Phi) is 3.58. The number of aromatic nitrogens is 1. The number of pyridine rings is 1. The monoisotopic (exact) mass is 268 g/mol. The molecule has 0 radical (unpaired) electrons. The molecule has 0 saturated carbocycles. The highest BCUT2D eigenvalue weighted by atomic mass is 32.1. The average Bonchev–Trinajstić information content (AvgIpc) is 2.85. The van der Waals surface area contributed by atoms with Crippen molar-refractivity contribution in [3.8, 4) is 0 Å². The van der Waals surface area contributed by atoms with Gasteiger partial charge in [-0.15, -0.1) is 11.3 Å². The average molecular weight is 268 g/mol. The van der Waals surface area contributed by atoms with Crippen LogP contribution < -0.4 is 5.32 Å². The van der Waals surface area contributed by atoms with E-state index in [1.807, 2.05) is 23.7 Å². The van der Waals surface area contributed by atoms with E-state index >= 15 is 0 Å². The van der Waals surface area contributed by atoms with Gasteiger partial charge in [-0.2, -0.15) is 0 Å². The molecular weight excluding hydrogens is 252 g/mol. The largest absolute Gasteiger partial charge is 0.309 e. The van der Waals surface area contributed by atoms with Crippen LogP contribution in [0.2, 0.25) is 0 Å². The van der Waals surface area contributed by atoms with Crippen LogP contribution >= 0.6 is 11.3 Å². The summed E-state index contributed by atoms with van der Waals surface area (Å²) in [6.07, 6.45) is 3.76. The molecule has 3 heteroatoms. The van der Waals surface area contributed by atoms with Crippen LogP contribution in [0.15, 0.2) is 48.1 Å². The minimum Gasteiger partial charge on any atom is -0.309 e. The van der Waals surface area contributed by atoms with Gasteiger partial charge in [-0.25, -0.2) is 0 Å². The summed E-state index contributed by atoms with van der Waals surface area (Å²) in [6.45, 7) is 3.90. The van der Waals surface area contributed by atoms with Gasteiger partial charge in [0, 0.05) is 30.2 Å². The number of rotatable bonds is 4. The van der Waals surface area contributed by atoms with Gasteiger partial charge in [0.2, 0.25) is 0 Å². The highest BCUT2D eigenvalue weighted by molar-refractivity contribution is 7.17. The standard InChI is InChI=1S/C16H16N2S/c1-12-8-17-7-6-13(12)9-18-10-14-11-19-16-5-3-2-4-15(14)16/h2-8,11,18H,9-10H2,1H3. The molecule has 0 unspecified atom stereocenters. The number of thiophene rings is 1. The highest BCUT2D eigenvalue weighted by Crippen LogP contribution is 2.25. The quantitative estimate of drug-likeness (QED) is 0.776. The molecule has 0 aliphatic heterocycles. The van der Waals surface area contributed by atoms with Gasteiger partial charge in [0.05, 0.1) is 0 Å². The summed E-state index contributed by atoms with van der Waals surface area (Å²) in [5, 5.41) is 7.13. The van der Waals surface area contributed by atoms with Gasteiger partial charge in [-0.05, 0) is 46.5 Å². The van der Waals surface area contributed by atoms with Crippen LogP contribution in [0.1, 0.15) is 16.7 Å². The molecule has 0 aliphatic rings. The van der Waals surface area contributed by atoms with Crippen molar-refractivity contribution in [2.24, 2.45) is 0 Å². The van der Waals surface area contributed by atoms with Crippen molar-refractivity contribution in [2.75, 3.05) is 0 Å². The first-order valence-corrected chi connectivity index (χ1v) is 7.28. The fourth-order valence-electron chi connectivity index (χ4n) is 2.20. The van der Waals surface area contributed by atoms with Crippen LogP contribution in [0.25, 0.3) is 10.1 Å². The predicted octanol–water partition coefficient (Wildman–Crippen LogP) is 3.89. The second kappa shape index (κ2) is 5.51. The number of hydrogen-bond donors (Lipinski definition) is 1. The SMILES string of the molecule is Cc1cnccc1CNCc1csc2ccccc12. The van der Waals surface area contributed by atoms with Crippen LogP contribution in [-0.4, -0.2) is 4.98 Å². The second-order valence-corrected chi connectivity index (χ2v) is 5.57. The van der Waals surface area contributed by atoms with Crippen molar-refractivity contribution in [1.82, 2.24) is 10.3 Å². The predicted molar refractivity (Wildman–Crippen MR) is 81.3 cm³/mol. The van der Waals surface area contributed by atoms with Crippen molar-refractivity contribution in [3.05, 3.63) is 64.8 Å². The van der Waals surface area contributed by atoms with E-state index < -0.39 is 0 Å². The smallest absolute Gasteiger partial charge is 0.0346 e. The van der Waals surface area contributed by atoms with Crippen molar-refractivity contribution in [2.45, 2.75) is 20.0 Å². The lowest BCUT2D eigenvalue weighted by atomic mass is 10.1. The van der Waals surface area contributed by atoms with Crippen LogP contribution in [0, 0.1) is 6.92 Å². The molecule has 2 aromatic heterocycles. The Labute approximate surface area is 117 Å². The van der Waals surface area contributed by atoms with Gasteiger partial charge in [-0.1, -0.05) is 18.2 Å². The first-order chi connectivity index (χ1) is 9.34. The summed E-state index contributed by atoms with van der Waals surface area (Å²) in [7, 11) is 0. The molecular formula is C16H16N2S. The molecule has 0 bridgehead atoms. The zero-order valence-electron chi connectivity index (χ0n) is 10.9. The number of nitrogens with zero attached hydrogens (tertiary/aromatic N) is 1. The van der Waals surface area contributed by atoms with Crippen LogP contribution in [0.3, 0.4) is 0 Å². The molecule has 0 fully saturated rings. The summed E-state index contributed by atoms with van der Waals surface area (Å²) in [6, 6.07) is 10.6. The molecule has 19 heavy (non-hydrogen) atoms. The topological polar surface area (TPSA) is 24.9 Å². The second-order valence-electron chi connectivity index (χ2n) is 4.66. The van der Waals surface area contributed by atoms with Crippen LogP contribution in [0.4, 0.5) is 0 Å². The maximum Gasteiger partial charge on any atom is 0.0346 e. The number of nitrogens with one attached hydrogen (secondary N) is 1. The fraction of sp³-hybridized carbons (Fsp3) is 0.188. The summed E-state index contributed by atoms with van der Waals surface area (Å²) in [4.78, 5) is 4.12. The summed E-state index contributed by atoms with van der Waals surface area (Å²) >= 11 is 1.81. The summed E-state index contributed by atoms with van der Waals surface area (Å²) in [5.74, 6) is 0. The highest BCUT2D eigenvalue weighted by Gasteiger charge is 2.03. The Hall–Kier alpha value is -1.71. The Morgan fingerprint density at radius 3 is 2.84 bits per heavy atom. The Morgan fingerprint density at radius 1 is 1.11 bits per heavy atom. The Balaban J connectivity index is 1.68. The van der Waals surface area contributed by atoms with E-state index in [0.717, 1.165) is 13.1 Å². The van der Waals surface area contributed by atoms with Crippen LogP contribution in [0.5, 0.6) is 0 Å². The molecule has 0 spiro atoms. The molecule has 0 aliphatic carbocycles. The molecule has 2 heterocycles. The maximum absolute atomic E-state index is 4.12. The number of hydrogen-bond acceptors (Lipinski definition) is 3. The number of benzene rings is 1. The van der Waals surface area contributed by atoms with E-state index in [2.05, 4.69) is 52.9 Å². The third-order valence-electron chi connectivity index (χ3n) is 3.33. The van der Waals surface area contributed by atoms with E-state index in [4.69, 9.17) is 0 Å². The number of fused-ring (bicyclic) bond motifs is 1. The molecule has 0 amide bonds. The molecule has 2 nitrogen and oxygen atoms in total. The molecule has 3 rings (SSSR count). The summed E-state index contributed by atoms with van der Waals surface area (Å²) < 4.78 is 1.36. The van der Waals surface area contributed by atoms with E-state index in [1.165, 1.54) is 26.8 Å². The first-order valence-electron chi connectivity index (χ1n) is 6.40. The van der Waals surface area contributed by atoms with Crippen molar-refractivity contribution in [1.29, 1.82) is 0 Å². The third-order valence-corrected chi connectivity index (χ3v) is 4.34. The van der Waals surface area contributed by atoms with E-state index in [-0.39, 0.29) is 0 Å². The van der Waals surface area contributed by atoms with Gasteiger partial charge >= 0.3 is 0 Å². The fourth-order valence-corrected chi connectivity index (χ4v) is 3.16. The first kappa shape index (κ1) is 12.3. The van der Waals surface area contributed by atoms with Crippen molar-refractivity contribution in [3.63, 3.8) is 0 Å². The Morgan fingerprint density at radius 2 is 1.95 bits per heavy atom. The van der Waals surface area contributed by atoms with Crippen molar-refractivity contribution >= 4 is 21.4 Å². The number of aryl methyl sites for hydroxylation is 1. The minimum atomic E-state index is 0.887. The molecule has 3 aromatic rings. The maximum atomic E-state index is 4.12. The lowest BCUT2D eigenvalue weighted by Crippen LogP contribution is -2.13. The third kappa shape index (κ3) is 2.67. The lowest BCUT2D eigenvalue weighted by molar-refractivity contribution is 0.694. The van der Waals surface area contributed by atoms with Gasteiger partial charge in [0.25, 0.3) is 0 Å². The molecule has 0 saturated heterocycles. The molecule has 1 aromatic carbocycles. The lowest BCUT2D eigenvalue weighted by Gasteiger charge is -2.06. The molecule has 96 valence electrons. The van der Waals surface area contributed by atoms with Crippen LogP contribution in [-0.2, 0) is 13.1 Å². The van der Waals surface area contributed by atoms with E-state index in [0.29, 0.717) is 0 Å². The van der Waals surface area contributed by atoms with Gasteiger partial charge in [0.1, 0.15) is 0 Å². The summed E-state index contributed by atoms with van der Waals surface area (Å²) in [5.41, 5.74) is 3.94. The Bertz CT molecular complexity index is 688. The minimum absolute atomic E-state index is 0.887. The zero-order valence-corrected chi connectivity index (χ0v) is 11.7. The van der Waals surface area contributed by atoms with E-state index in [9.17, 15) is 0 Å². The van der Waals surface area contributed by atoms with Gasteiger partial charge in [-0.3, -0.25) is 4.98 Å². The molecule has 1 N–H and O–H groups in total.